The molecule has 0 aromatic carbocycles. The quantitative estimate of drug-likeness (QED) is 0.485. The number of halogens is 1. The highest BCUT2D eigenvalue weighted by molar-refractivity contribution is 7.89. The summed E-state index contributed by atoms with van der Waals surface area (Å²) in [5.74, 6) is 0.491. The Morgan fingerprint density at radius 3 is 2.57 bits per heavy atom. The van der Waals surface area contributed by atoms with E-state index in [2.05, 4.69) is 4.72 Å². The molecule has 14 heavy (non-hydrogen) atoms. The Morgan fingerprint density at radius 2 is 2.00 bits per heavy atom. The number of rotatable bonds is 9. The Morgan fingerprint density at radius 1 is 1.29 bits per heavy atom. The predicted molar refractivity (Wildman–Crippen MR) is 58.2 cm³/mol. The molecule has 6 heteroatoms. The Balaban J connectivity index is 3.46. The van der Waals surface area contributed by atoms with Crippen molar-refractivity contribution in [3.05, 3.63) is 0 Å². The zero-order chi connectivity index (χ0) is 10.9. The molecule has 0 heterocycles. The van der Waals surface area contributed by atoms with Gasteiger partial charge in [-0.2, -0.15) is 0 Å². The zero-order valence-corrected chi connectivity index (χ0v) is 10.0. The largest absolute Gasteiger partial charge is 0.385 e. The summed E-state index contributed by atoms with van der Waals surface area (Å²) in [4.78, 5) is 0. The molecule has 0 aromatic rings. The first-order chi connectivity index (χ1) is 6.62. The first-order valence-corrected chi connectivity index (χ1v) is 6.83. The molecule has 4 nitrogen and oxygen atoms in total. The average Bonchev–Trinajstić information content (AvgIpc) is 2.15. The molecule has 0 aliphatic heterocycles. The maximum absolute atomic E-state index is 11.2. The van der Waals surface area contributed by atoms with Crippen LogP contribution in [0.5, 0.6) is 0 Å². The summed E-state index contributed by atoms with van der Waals surface area (Å²) in [6.45, 7) is 1.15. The highest BCUT2D eigenvalue weighted by atomic mass is 35.5. The molecule has 0 aliphatic rings. The van der Waals surface area contributed by atoms with Gasteiger partial charge in [-0.3, -0.25) is 0 Å². The lowest BCUT2D eigenvalue weighted by atomic mass is 10.3. The van der Waals surface area contributed by atoms with Crippen LogP contribution in [0.4, 0.5) is 0 Å². The Bertz CT molecular complexity index is 219. The summed E-state index contributed by atoms with van der Waals surface area (Å²) in [5, 5.41) is 0. The maximum atomic E-state index is 11.2. The molecule has 0 unspecified atom stereocenters. The number of hydrogen-bond acceptors (Lipinski definition) is 3. The number of methoxy groups -OCH3 is 1. The van der Waals surface area contributed by atoms with Crippen molar-refractivity contribution in [2.24, 2.45) is 0 Å². The van der Waals surface area contributed by atoms with Crippen molar-refractivity contribution in [1.82, 2.24) is 4.72 Å². The smallest absolute Gasteiger partial charge is 0.211 e. The molecule has 0 bridgehead atoms. The molecule has 0 rings (SSSR count). The van der Waals surface area contributed by atoms with Crippen LogP contribution < -0.4 is 4.72 Å². The molecule has 0 atom stereocenters. The van der Waals surface area contributed by atoms with Gasteiger partial charge in [-0.15, -0.1) is 11.6 Å². The van der Waals surface area contributed by atoms with E-state index < -0.39 is 10.0 Å². The van der Waals surface area contributed by atoms with Crippen LogP contribution in [-0.2, 0) is 14.8 Å². The van der Waals surface area contributed by atoms with E-state index in [0.29, 0.717) is 25.5 Å². The lowest BCUT2D eigenvalue weighted by Gasteiger charge is -2.05. The average molecular weight is 244 g/mol. The van der Waals surface area contributed by atoms with E-state index in [9.17, 15) is 8.42 Å². The van der Waals surface area contributed by atoms with Gasteiger partial charge in [-0.25, -0.2) is 13.1 Å². The fourth-order valence-corrected chi connectivity index (χ4v) is 2.33. The molecule has 0 aromatic heterocycles. The van der Waals surface area contributed by atoms with Crippen molar-refractivity contribution in [2.45, 2.75) is 19.3 Å². The van der Waals surface area contributed by atoms with Crippen molar-refractivity contribution in [2.75, 3.05) is 31.9 Å². The van der Waals surface area contributed by atoms with Gasteiger partial charge in [0, 0.05) is 26.1 Å². The van der Waals surface area contributed by atoms with E-state index in [-0.39, 0.29) is 5.75 Å². The van der Waals surface area contributed by atoms with E-state index in [4.69, 9.17) is 16.3 Å². The molecule has 1 N–H and O–H groups in total. The second kappa shape index (κ2) is 8.47. The van der Waals surface area contributed by atoms with Gasteiger partial charge < -0.3 is 4.74 Å². The van der Waals surface area contributed by atoms with E-state index in [1.165, 1.54) is 0 Å². The number of alkyl halides is 1. The minimum Gasteiger partial charge on any atom is -0.385 e. The minimum absolute atomic E-state index is 0.112. The maximum Gasteiger partial charge on any atom is 0.211 e. The SMILES string of the molecule is COCCCCNS(=O)(=O)CCCCl. The molecule has 86 valence electrons. The minimum atomic E-state index is -3.11. The molecule has 0 spiro atoms. The number of hydrogen-bond donors (Lipinski definition) is 1. The Kier molecular flexibility index (Phi) is 8.56. The summed E-state index contributed by atoms with van der Waals surface area (Å²) >= 11 is 5.40. The third kappa shape index (κ3) is 8.74. The Hall–Kier alpha value is 0.160. The van der Waals surface area contributed by atoms with Crippen LogP contribution in [0.15, 0.2) is 0 Å². The van der Waals surface area contributed by atoms with Crippen LogP contribution in [0.3, 0.4) is 0 Å². The standard InChI is InChI=1S/C8H18ClNO3S/c1-13-7-3-2-6-10-14(11,12)8-4-5-9/h10H,2-8H2,1H3. The fraction of sp³-hybridized carbons (Fsp3) is 1.00. The number of unbranched alkanes of at least 4 members (excludes halogenated alkanes) is 1. The normalized spacial score (nSPS) is 11.9. The summed E-state index contributed by atoms with van der Waals surface area (Å²) in [6.07, 6.45) is 2.16. The highest BCUT2D eigenvalue weighted by Gasteiger charge is 2.07. The molecular weight excluding hydrogens is 226 g/mol. The predicted octanol–water partition coefficient (Wildman–Crippen LogP) is 0.961. The van der Waals surface area contributed by atoms with Gasteiger partial charge in [0.25, 0.3) is 0 Å². The van der Waals surface area contributed by atoms with E-state index >= 15 is 0 Å². The topological polar surface area (TPSA) is 55.4 Å². The molecule has 0 saturated heterocycles. The number of sulfonamides is 1. The fourth-order valence-electron chi connectivity index (χ4n) is 0.916. The van der Waals surface area contributed by atoms with Gasteiger partial charge in [-0.05, 0) is 19.3 Å². The summed E-state index contributed by atoms with van der Waals surface area (Å²) < 4.78 is 29.8. The number of ether oxygens (including phenoxy) is 1. The first kappa shape index (κ1) is 14.2. The van der Waals surface area contributed by atoms with Crippen molar-refractivity contribution in [3.63, 3.8) is 0 Å². The van der Waals surface area contributed by atoms with E-state index in [0.717, 1.165) is 12.8 Å². The van der Waals surface area contributed by atoms with E-state index in [1.807, 2.05) is 0 Å². The number of nitrogens with one attached hydrogen (secondary N) is 1. The van der Waals surface area contributed by atoms with Crippen LogP contribution >= 0.6 is 11.6 Å². The highest BCUT2D eigenvalue weighted by Crippen LogP contribution is 1.93. The van der Waals surface area contributed by atoms with Crippen molar-refractivity contribution < 1.29 is 13.2 Å². The Labute approximate surface area is 91.0 Å². The van der Waals surface area contributed by atoms with Crippen molar-refractivity contribution in [3.8, 4) is 0 Å². The first-order valence-electron chi connectivity index (χ1n) is 4.64. The van der Waals surface area contributed by atoms with Crippen LogP contribution in [0.25, 0.3) is 0 Å². The summed E-state index contributed by atoms with van der Waals surface area (Å²) in [7, 11) is -1.48. The summed E-state index contributed by atoms with van der Waals surface area (Å²) in [6, 6.07) is 0. The molecule has 0 aliphatic carbocycles. The molecule has 0 fully saturated rings. The van der Waals surface area contributed by atoms with Crippen LogP contribution in [-0.4, -0.2) is 40.3 Å². The van der Waals surface area contributed by atoms with Crippen molar-refractivity contribution in [1.29, 1.82) is 0 Å². The van der Waals surface area contributed by atoms with Gasteiger partial charge >= 0.3 is 0 Å². The van der Waals surface area contributed by atoms with Crippen LogP contribution in [0.1, 0.15) is 19.3 Å². The molecule has 0 amide bonds. The second-order valence-electron chi connectivity index (χ2n) is 2.96. The second-order valence-corrected chi connectivity index (χ2v) is 5.26. The zero-order valence-electron chi connectivity index (χ0n) is 8.46. The van der Waals surface area contributed by atoms with Crippen LogP contribution in [0.2, 0.25) is 0 Å². The van der Waals surface area contributed by atoms with Crippen molar-refractivity contribution >= 4 is 21.6 Å². The van der Waals surface area contributed by atoms with E-state index in [1.54, 1.807) is 7.11 Å². The molecule has 0 saturated carbocycles. The van der Waals surface area contributed by atoms with Gasteiger partial charge in [0.15, 0.2) is 0 Å². The monoisotopic (exact) mass is 243 g/mol. The van der Waals surface area contributed by atoms with Gasteiger partial charge in [-0.1, -0.05) is 0 Å². The molecule has 0 radical (unpaired) electrons. The van der Waals surface area contributed by atoms with Gasteiger partial charge in [0.1, 0.15) is 0 Å². The molecular formula is C8H18ClNO3S. The van der Waals surface area contributed by atoms with Crippen LogP contribution in [0, 0.1) is 0 Å². The third-order valence-electron chi connectivity index (χ3n) is 1.64. The lowest BCUT2D eigenvalue weighted by Crippen LogP contribution is -2.27. The third-order valence-corrected chi connectivity index (χ3v) is 3.38. The lowest BCUT2D eigenvalue weighted by molar-refractivity contribution is 0.193. The summed E-state index contributed by atoms with van der Waals surface area (Å²) in [5.41, 5.74) is 0. The van der Waals surface area contributed by atoms with Gasteiger partial charge in [0.05, 0.1) is 5.75 Å². The van der Waals surface area contributed by atoms with Gasteiger partial charge in [0.2, 0.25) is 10.0 Å².